The summed E-state index contributed by atoms with van der Waals surface area (Å²) in [6, 6.07) is 13.6. The highest BCUT2D eigenvalue weighted by molar-refractivity contribution is 7.98. The van der Waals surface area contributed by atoms with Crippen LogP contribution in [0.3, 0.4) is 0 Å². The van der Waals surface area contributed by atoms with Crippen LogP contribution >= 0.6 is 11.8 Å². The molecule has 0 bridgehead atoms. The van der Waals surface area contributed by atoms with Crippen molar-refractivity contribution in [3.05, 3.63) is 64.1 Å². The van der Waals surface area contributed by atoms with Gasteiger partial charge in [-0.25, -0.2) is 0 Å². The van der Waals surface area contributed by atoms with Crippen molar-refractivity contribution in [3.63, 3.8) is 0 Å². The van der Waals surface area contributed by atoms with Crippen LogP contribution in [0.2, 0.25) is 0 Å². The van der Waals surface area contributed by atoms with Gasteiger partial charge in [-0.2, -0.15) is 0 Å². The van der Waals surface area contributed by atoms with Crippen molar-refractivity contribution >= 4 is 23.9 Å². The number of rotatable bonds is 3. The lowest BCUT2D eigenvalue weighted by molar-refractivity contribution is 1.17. The van der Waals surface area contributed by atoms with Crippen LogP contribution in [0.4, 0.5) is 0 Å². The summed E-state index contributed by atoms with van der Waals surface area (Å²) in [5.41, 5.74) is 1.87. The minimum atomic E-state index is -0.0652. The van der Waals surface area contributed by atoms with E-state index in [4.69, 9.17) is 0 Å². The van der Waals surface area contributed by atoms with Gasteiger partial charge in [0.15, 0.2) is 0 Å². The van der Waals surface area contributed by atoms with Gasteiger partial charge in [0, 0.05) is 16.7 Å². The molecule has 0 fully saturated rings. The molecule has 1 aromatic heterocycles. The standard InChI is InChI=1S/C14H13NOS/c1-17-13-9-12(15-14(16)10-13)8-7-11-5-3-2-4-6-11/h2-10H,1H3,(H,15,16)/b8-7+. The molecule has 1 aromatic carbocycles. The predicted molar refractivity (Wildman–Crippen MR) is 74.2 cm³/mol. The van der Waals surface area contributed by atoms with Gasteiger partial charge in [0.05, 0.1) is 0 Å². The summed E-state index contributed by atoms with van der Waals surface area (Å²) in [5, 5.41) is 0. The fourth-order valence-corrected chi connectivity index (χ4v) is 1.97. The molecule has 0 saturated carbocycles. The van der Waals surface area contributed by atoms with E-state index in [2.05, 4.69) is 4.98 Å². The van der Waals surface area contributed by atoms with E-state index in [0.717, 1.165) is 16.2 Å². The van der Waals surface area contributed by atoms with Gasteiger partial charge in [-0.05, 0) is 24.0 Å². The third-order valence-corrected chi connectivity index (χ3v) is 3.04. The molecule has 2 nitrogen and oxygen atoms in total. The number of thioether (sulfide) groups is 1. The first-order chi connectivity index (χ1) is 8.28. The Hall–Kier alpha value is -1.74. The fraction of sp³-hybridized carbons (Fsp3) is 0.0714. The molecular weight excluding hydrogens is 230 g/mol. The van der Waals surface area contributed by atoms with Crippen molar-refractivity contribution in [1.82, 2.24) is 4.98 Å². The molecular formula is C14H13NOS. The number of benzene rings is 1. The van der Waals surface area contributed by atoms with Crippen LogP contribution in [-0.4, -0.2) is 11.2 Å². The second-order valence-electron chi connectivity index (χ2n) is 3.58. The zero-order valence-electron chi connectivity index (χ0n) is 9.51. The monoisotopic (exact) mass is 243 g/mol. The zero-order chi connectivity index (χ0) is 12.1. The maximum Gasteiger partial charge on any atom is 0.249 e. The van der Waals surface area contributed by atoms with Crippen LogP contribution in [0.1, 0.15) is 11.3 Å². The van der Waals surface area contributed by atoms with E-state index in [1.165, 1.54) is 0 Å². The molecule has 3 heteroatoms. The van der Waals surface area contributed by atoms with Gasteiger partial charge in [0.2, 0.25) is 5.56 Å². The van der Waals surface area contributed by atoms with E-state index in [1.807, 2.05) is 54.8 Å². The first-order valence-corrected chi connectivity index (χ1v) is 6.52. The largest absolute Gasteiger partial charge is 0.322 e. The van der Waals surface area contributed by atoms with E-state index in [0.29, 0.717) is 0 Å². The Morgan fingerprint density at radius 2 is 1.88 bits per heavy atom. The van der Waals surface area contributed by atoms with E-state index >= 15 is 0 Å². The number of hydrogen-bond donors (Lipinski definition) is 1. The third kappa shape index (κ3) is 3.36. The molecule has 0 spiro atoms. The van der Waals surface area contributed by atoms with Crippen molar-refractivity contribution < 1.29 is 0 Å². The van der Waals surface area contributed by atoms with Crippen LogP contribution in [0, 0.1) is 0 Å². The Kier molecular flexibility index (Phi) is 3.83. The molecule has 2 rings (SSSR count). The summed E-state index contributed by atoms with van der Waals surface area (Å²) in [7, 11) is 0. The first kappa shape index (κ1) is 11.7. The molecule has 0 aliphatic carbocycles. The van der Waals surface area contributed by atoms with Gasteiger partial charge in [-0.3, -0.25) is 4.79 Å². The number of aromatic amines is 1. The normalized spacial score (nSPS) is 10.9. The summed E-state index contributed by atoms with van der Waals surface area (Å²) in [4.78, 5) is 15.1. The topological polar surface area (TPSA) is 32.9 Å². The molecule has 1 N–H and O–H groups in total. The summed E-state index contributed by atoms with van der Waals surface area (Å²) in [6.45, 7) is 0. The third-order valence-electron chi connectivity index (χ3n) is 2.33. The van der Waals surface area contributed by atoms with Crippen LogP contribution in [0.5, 0.6) is 0 Å². The minimum absolute atomic E-state index is 0.0652. The molecule has 86 valence electrons. The number of pyridine rings is 1. The molecule has 0 atom stereocenters. The highest BCUT2D eigenvalue weighted by Crippen LogP contribution is 2.13. The van der Waals surface area contributed by atoms with Gasteiger partial charge in [-0.15, -0.1) is 11.8 Å². The van der Waals surface area contributed by atoms with Crippen LogP contribution in [0.15, 0.2) is 52.2 Å². The Labute approximate surface area is 104 Å². The quantitative estimate of drug-likeness (QED) is 0.839. The van der Waals surface area contributed by atoms with Crippen molar-refractivity contribution in [2.75, 3.05) is 6.26 Å². The van der Waals surface area contributed by atoms with Crippen molar-refractivity contribution in [2.45, 2.75) is 4.90 Å². The minimum Gasteiger partial charge on any atom is -0.322 e. The molecule has 0 radical (unpaired) electrons. The molecule has 0 aliphatic rings. The smallest absolute Gasteiger partial charge is 0.249 e. The Morgan fingerprint density at radius 1 is 1.12 bits per heavy atom. The maximum absolute atomic E-state index is 11.4. The molecule has 0 unspecified atom stereocenters. The second kappa shape index (κ2) is 5.55. The highest BCUT2D eigenvalue weighted by atomic mass is 32.2. The maximum atomic E-state index is 11.4. The van der Waals surface area contributed by atoms with Crippen molar-refractivity contribution in [2.24, 2.45) is 0 Å². The van der Waals surface area contributed by atoms with Gasteiger partial charge in [0.1, 0.15) is 0 Å². The average molecular weight is 243 g/mol. The van der Waals surface area contributed by atoms with E-state index in [9.17, 15) is 4.79 Å². The number of H-pyrrole nitrogens is 1. The SMILES string of the molecule is CSc1cc(/C=C/c2ccccc2)[nH]c(=O)c1. The second-order valence-corrected chi connectivity index (χ2v) is 4.46. The van der Waals surface area contributed by atoms with E-state index < -0.39 is 0 Å². The molecule has 1 heterocycles. The van der Waals surface area contributed by atoms with Gasteiger partial charge in [-0.1, -0.05) is 36.4 Å². The molecule has 17 heavy (non-hydrogen) atoms. The summed E-state index contributed by atoms with van der Waals surface area (Å²) >= 11 is 1.56. The van der Waals surface area contributed by atoms with Crippen LogP contribution in [-0.2, 0) is 0 Å². The number of aromatic nitrogens is 1. The van der Waals surface area contributed by atoms with Gasteiger partial charge >= 0.3 is 0 Å². The Balaban J connectivity index is 2.27. The van der Waals surface area contributed by atoms with E-state index in [1.54, 1.807) is 17.8 Å². The summed E-state index contributed by atoms with van der Waals surface area (Å²) in [6.07, 6.45) is 5.85. The number of hydrogen-bond acceptors (Lipinski definition) is 2. The van der Waals surface area contributed by atoms with E-state index in [-0.39, 0.29) is 5.56 Å². The summed E-state index contributed by atoms with van der Waals surface area (Å²) in [5.74, 6) is 0. The molecule has 0 aliphatic heterocycles. The van der Waals surface area contributed by atoms with Gasteiger partial charge in [0.25, 0.3) is 0 Å². The lowest BCUT2D eigenvalue weighted by Gasteiger charge is -1.98. The summed E-state index contributed by atoms with van der Waals surface area (Å²) < 4.78 is 0. The Bertz CT molecular complexity index is 572. The molecule has 0 saturated heterocycles. The lowest BCUT2D eigenvalue weighted by Crippen LogP contribution is -2.05. The molecule has 0 amide bonds. The average Bonchev–Trinajstić information content (AvgIpc) is 2.37. The zero-order valence-corrected chi connectivity index (χ0v) is 10.3. The first-order valence-electron chi connectivity index (χ1n) is 5.29. The predicted octanol–water partition coefficient (Wildman–Crippen LogP) is 3.27. The van der Waals surface area contributed by atoms with Crippen LogP contribution < -0.4 is 5.56 Å². The van der Waals surface area contributed by atoms with Crippen molar-refractivity contribution in [1.29, 1.82) is 0 Å². The Morgan fingerprint density at radius 3 is 2.59 bits per heavy atom. The number of nitrogens with one attached hydrogen (secondary N) is 1. The molecule has 2 aromatic rings. The van der Waals surface area contributed by atoms with Crippen LogP contribution in [0.25, 0.3) is 12.2 Å². The lowest BCUT2D eigenvalue weighted by atomic mass is 10.2. The van der Waals surface area contributed by atoms with Crippen molar-refractivity contribution in [3.8, 4) is 0 Å². The van der Waals surface area contributed by atoms with Gasteiger partial charge < -0.3 is 4.98 Å². The highest BCUT2D eigenvalue weighted by Gasteiger charge is 1.95. The fourth-order valence-electron chi connectivity index (χ4n) is 1.50.